The Balaban J connectivity index is 2.06. The van der Waals surface area contributed by atoms with Gasteiger partial charge in [-0.1, -0.05) is 53.7 Å². The van der Waals surface area contributed by atoms with E-state index in [1.165, 1.54) is 4.90 Å². The number of carbonyl (C=O) groups excluding carboxylic acids is 2. The molecule has 27 heavy (non-hydrogen) atoms. The van der Waals surface area contributed by atoms with Gasteiger partial charge >= 0.3 is 0 Å². The average molecular weight is 364 g/mol. The predicted molar refractivity (Wildman–Crippen MR) is 105 cm³/mol. The number of hydrogen-bond donors (Lipinski definition) is 0. The molecule has 2 amide bonds. The Labute approximate surface area is 160 Å². The molecule has 141 valence electrons. The van der Waals surface area contributed by atoms with Gasteiger partial charge < -0.3 is 0 Å². The lowest BCUT2D eigenvalue weighted by Crippen LogP contribution is -2.29. The lowest BCUT2D eigenvalue weighted by Gasteiger charge is -2.27. The first-order valence-corrected chi connectivity index (χ1v) is 9.21. The van der Waals surface area contributed by atoms with Crippen LogP contribution < -0.4 is 0 Å². The van der Waals surface area contributed by atoms with Gasteiger partial charge in [0.25, 0.3) is 11.8 Å². The third kappa shape index (κ3) is 3.36. The molecule has 4 heteroatoms. The minimum atomic E-state index is -0.324. The molecule has 0 spiro atoms. The number of amides is 2. The number of imide groups is 1. The highest BCUT2D eigenvalue weighted by atomic mass is 16.3. The Kier molecular flexibility index (Phi) is 4.41. The summed E-state index contributed by atoms with van der Waals surface area (Å²) in [5.41, 5.74) is 2.46. The van der Waals surface area contributed by atoms with Crippen molar-refractivity contribution < 1.29 is 14.7 Å². The van der Waals surface area contributed by atoms with Gasteiger partial charge in [0.05, 0.1) is 17.7 Å². The molecular formula is C23H26NO3. The predicted octanol–water partition coefficient (Wildman–Crippen LogP) is 5.22. The number of carbonyl (C=O) groups is 2. The normalized spacial score (nSPS) is 14.7. The first kappa shape index (κ1) is 19.2. The van der Waals surface area contributed by atoms with Gasteiger partial charge in [0.15, 0.2) is 5.75 Å². The van der Waals surface area contributed by atoms with Gasteiger partial charge in [-0.05, 0) is 40.7 Å². The van der Waals surface area contributed by atoms with Crippen molar-refractivity contribution in [2.45, 2.75) is 58.9 Å². The van der Waals surface area contributed by atoms with E-state index in [1.54, 1.807) is 24.3 Å². The lowest BCUT2D eigenvalue weighted by molar-refractivity contribution is 0.0642. The van der Waals surface area contributed by atoms with Gasteiger partial charge in [0.2, 0.25) is 0 Å². The monoisotopic (exact) mass is 364 g/mol. The molecule has 0 bridgehead atoms. The van der Waals surface area contributed by atoms with Gasteiger partial charge in [0, 0.05) is 11.1 Å². The van der Waals surface area contributed by atoms with E-state index in [0.29, 0.717) is 22.3 Å². The second-order valence-corrected chi connectivity index (χ2v) is 9.26. The molecular weight excluding hydrogens is 338 g/mol. The fourth-order valence-electron chi connectivity index (χ4n) is 3.46. The summed E-state index contributed by atoms with van der Waals surface area (Å²) in [6, 6.07) is 10.6. The zero-order chi connectivity index (χ0) is 20.1. The van der Waals surface area contributed by atoms with E-state index < -0.39 is 0 Å². The highest BCUT2D eigenvalue weighted by Crippen LogP contribution is 2.40. The summed E-state index contributed by atoms with van der Waals surface area (Å²) < 4.78 is 0. The smallest absolute Gasteiger partial charge is 0.261 e. The molecule has 1 aliphatic rings. The summed E-state index contributed by atoms with van der Waals surface area (Å²) in [5, 5.41) is 13.0. The number of rotatable bonds is 2. The zero-order valence-electron chi connectivity index (χ0n) is 16.8. The van der Waals surface area contributed by atoms with Crippen LogP contribution in [0.3, 0.4) is 0 Å². The van der Waals surface area contributed by atoms with Crippen LogP contribution >= 0.6 is 0 Å². The van der Waals surface area contributed by atoms with E-state index in [-0.39, 0.29) is 34.9 Å². The fraction of sp³-hybridized carbons (Fsp3) is 0.391. The van der Waals surface area contributed by atoms with Crippen molar-refractivity contribution in [2.75, 3.05) is 0 Å². The van der Waals surface area contributed by atoms with Crippen LogP contribution in [0, 0.1) is 0 Å². The molecule has 0 atom stereocenters. The standard InChI is InChI=1S/C23H26NO3/c1-22(2,3)17-11-14(12-18(19(17)25)23(4,5)6)13-24-20(26)15-9-7-8-10-16(15)21(24)27/h7-12H,13H2,1-6H3. The van der Waals surface area contributed by atoms with Gasteiger partial charge in [-0.15, -0.1) is 0 Å². The first-order chi connectivity index (χ1) is 12.4. The van der Waals surface area contributed by atoms with Crippen LogP contribution in [0.5, 0.6) is 5.75 Å². The molecule has 0 saturated carbocycles. The topological polar surface area (TPSA) is 57.3 Å². The Bertz CT molecular complexity index is 859. The molecule has 0 aromatic heterocycles. The van der Waals surface area contributed by atoms with Crippen LogP contribution in [0.25, 0.3) is 0 Å². The van der Waals surface area contributed by atoms with Crippen molar-refractivity contribution >= 4 is 11.8 Å². The zero-order valence-corrected chi connectivity index (χ0v) is 16.8. The van der Waals surface area contributed by atoms with Crippen LogP contribution in [-0.2, 0) is 22.5 Å². The Morgan fingerprint density at radius 2 is 1.19 bits per heavy atom. The van der Waals surface area contributed by atoms with Crippen LogP contribution in [-0.4, -0.2) is 16.7 Å². The Morgan fingerprint density at radius 3 is 1.56 bits per heavy atom. The molecule has 0 N–H and O–H groups in total. The van der Waals surface area contributed by atoms with Crippen LogP contribution in [0.1, 0.15) is 78.9 Å². The quantitative estimate of drug-likeness (QED) is 0.686. The highest BCUT2D eigenvalue weighted by molar-refractivity contribution is 6.21. The molecule has 0 aliphatic carbocycles. The van der Waals surface area contributed by atoms with Crippen molar-refractivity contribution in [1.29, 1.82) is 0 Å². The first-order valence-electron chi connectivity index (χ1n) is 9.21. The van der Waals surface area contributed by atoms with E-state index in [9.17, 15) is 14.7 Å². The maximum absolute atomic E-state index is 13.0. The third-order valence-electron chi connectivity index (χ3n) is 4.98. The molecule has 1 aliphatic heterocycles. The maximum Gasteiger partial charge on any atom is 0.261 e. The number of nitrogens with zero attached hydrogens (tertiary/aromatic N) is 1. The highest BCUT2D eigenvalue weighted by Gasteiger charge is 2.36. The van der Waals surface area contributed by atoms with Gasteiger partial charge in [-0.3, -0.25) is 19.6 Å². The summed E-state index contributed by atoms with van der Waals surface area (Å²) in [4.78, 5) is 26.6. The van der Waals surface area contributed by atoms with Gasteiger partial charge in [-0.2, -0.15) is 0 Å². The van der Waals surface area contributed by atoms with Crippen molar-refractivity contribution in [3.8, 4) is 5.75 Å². The summed E-state index contributed by atoms with van der Waals surface area (Å²) in [6.07, 6.45) is 0. The number of hydrogen-bond acceptors (Lipinski definition) is 2. The van der Waals surface area contributed by atoms with Crippen LogP contribution in [0.2, 0.25) is 0 Å². The second kappa shape index (κ2) is 6.22. The van der Waals surface area contributed by atoms with Crippen molar-refractivity contribution in [1.82, 2.24) is 4.90 Å². The van der Waals surface area contributed by atoms with Gasteiger partial charge in [-0.25, -0.2) is 0 Å². The molecule has 0 saturated heterocycles. The lowest BCUT2D eigenvalue weighted by atomic mass is 9.78. The molecule has 0 fully saturated rings. The molecule has 3 rings (SSSR count). The van der Waals surface area contributed by atoms with E-state index in [1.807, 2.05) is 53.7 Å². The summed E-state index contributed by atoms with van der Waals surface area (Å²) in [5.74, 6) is -0.519. The fourth-order valence-corrected chi connectivity index (χ4v) is 3.46. The van der Waals surface area contributed by atoms with Crippen molar-refractivity contribution in [3.05, 3.63) is 64.2 Å². The van der Waals surface area contributed by atoms with Crippen molar-refractivity contribution in [2.24, 2.45) is 0 Å². The third-order valence-corrected chi connectivity index (χ3v) is 4.98. The van der Waals surface area contributed by atoms with E-state index in [4.69, 9.17) is 0 Å². The average Bonchev–Trinajstić information content (AvgIpc) is 2.79. The van der Waals surface area contributed by atoms with Crippen molar-refractivity contribution in [3.63, 3.8) is 0 Å². The minimum absolute atomic E-state index is 0.0427. The van der Waals surface area contributed by atoms with Crippen LogP contribution in [0.15, 0.2) is 36.4 Å². The second-order valence-electron chi connectivity index (χ2n) is 9.26. The SMILES string of the molecule is CC(C)(C)c1cc(CN2C(=O)c3ccccc3C2=O)cc(C(C)(C)C)c1[O]. The van der Waals surface area contributed by atoms with E-state index in [0.717, 1.165) is 5.56 Å². The molecule has 2 aromatic rings. The van der Waals surface area contributed by atoms with E-state index in [2.05, 4.69) is 0 Å². The Morgan fingerprint density at radius 1 is 0.778 bits per heavy atom. The summed E-state index contributed by atoms with van der Waals surface area (Å²) >= 11 is 0. The Hall–Kier alpha value is -2.62. The molecule has 2 aromatic carbocycles. The minimum Gasteiger partial charge on any atom is -0.289 e. The summed E-state index contributed by atoms with van der Waals surface area (Å²) in [7, 11) is 0. The molecule has 4 nitrogen and oxygen atoms in total. The number of fused-ring (bicyclic) bond motifs is 1. The van der Waals surface area contributed by atoms with Gasteiger partial charge in [0.1, 0.15) is 0 Å². The largest absolute Gasteiger partial charge is 0.289 e. The summed E-state index contributed by atoms with van der Waals surface area (Å²) in [6.45, 7) is 12.2. The van der Waals surface area contributed by atoms with E-state index >= 15 is 0 Å². The molecule has 1 radical (unpaired) electrons. The molecule has 0 unspecified atom stereocenters. The number of benzene rings is 2. The van der Waals surface area contributed by atoms with Crippen LogP contribution in [0.4, 0.5) is 0 Å². The maximum atomic E-state index is 13.0. The molecule has 1 heterocycles.